The third-order valence-electron chi connectivity index (χ3n) is 3.52. The molecule has 9 heteroatoms. The average Bonchev–Trinajstić information content (AvgIpc) is 2.46. The molecule has 0 bridgehead atoms. The first-order valence-electron chi connectivity index (χ1n) is 6.89. The van der Waals surface area contributed by atoms with Crippen LogP contribution < -0.4 is 10.5 Å². The number of hydrogen-bond acceptors (Lipinski definition) is 6. The number of nitro benzene ring substituents is 1. The van der Waals surface area contributed by atoms with E-state index in [-0.39, 0.29) is 10.6 Å². The van der Waals surface area contributed by atoms with Crippen LogP contribution in [0.5, 0.6) is 0 Å². The van der Waals surface area contributed by atoms with Gasteiger partial charge >= 0.3 is 0 Å². The number of nitrogens with zero attached hydrogens (tertiary/aromatic N) is 2. The molecule has 1 atom stereocenters. The van der Waals surface area contributed by atoms with Crippen LogP contribution in [0.4, 0.5) is 11.4 Å². The molecular formula is C13H21N4O4S-. The zero-order valence-corrected chi connectivity index (χ0v) is 13.3. The lowest BCUT2D eigenvalue weighted by molar-refractivity contribution is -0.384. The molecule has 1 unspecified atom stereocenters. The van der Waals surface area contributed by atoms with Crippen LogP contribution in [-0.4, -0.2) is 45.3 Å². The van der Waals surface area contributed by atoms with Gasteiger partial charge in [0.25, 0.3) is 5.69 Å². The fourth-order valence-electron chi connectivity index (χ4n) is 2.30. The molecule has 1 aromatic carbocycles. The summed E-state index contributed by atoms with van der Waals surface area (Å²) in [5.41, 5.74) is 0.784. The van der Waals surface area contributed by atoms with Crippen molar-refractivity contribution >= 4 is 22.6 Å². The minimum Gasteiger partial charge on any atom is -0.760 e. The Kier molecular flexibility index (Phi) is 7.96. The van der Waals surface area contributed by atoms with Crippen molar-refractivity contribution in [3.63, 3.8) is 0 Å². The molecule has 124 valence electrons. The maximum Gasteiger partial charge on any atom is 0.292 e. The van der Waals surface area contributed by atoms with Gasteiger partial charge in [-0.15, -0.1) is 0 Å². The third-order valence-corrected chi connectivity index (χ3v) is 3.52. The predicted octanol–water partition coefficient (Wildman–Crippen LogP) is 1.09. The van der Waals surface area contributed by atoms with Crippen LogP contribution in [0.2, 0.25) is 0 Å². The smallest absolute Gasteiger partial charge is 0.292 e. The van der Waals surface area contributed by atoms with Gasteiger partial charge in [0.1, 0.15) is 5.69 Å². The summed E-state index contributed by atoms with van der Waals surface area (Å²) in [5, 5.41) is 18.1. The lowest BCUT2D eigenvalue weighted by Crippen LogP contribution is -2.33. The van der Waals surface area contributed by atoms with E-state index < -0.39 is 11.3 Å². The van der Waals surface area contributed by atoms with Crippen molar-refractivity contribution in [3.8, 4) is 0 Å². The van der Waals surface area contributed by atoms with Gasteiger partial charge in [0, 0.05) is 23.9 Å². The van der Waals surface area contributed by atoms with E-state index in [2.05, 4.69) is 22.4 Å². The van der Waals surface area contributed by atoms with E-state index in [0.29, 0.717) is 11.6 Å². The van der Waals surface area contributed by atoms with Crippen molar-refractivity contribution in [1.29, 1.82) is 0 Å². The first-order valence-corrected chi connectivity index (χ1v) is 8.03. The Balaban J connectivity index is 0.000000541. The lowest BCUT2D eigenvalue weighted by atomic mass is 9.97. The summed E-state index contributed by atoms with van der Waals surface area (Å²) in [4.78, 5) is 12.9. The van der Waals surface area contributed by atoms with Crippen molar-refractivity contribution in [3.05, 3.63) is 34.4 Å². The summed E-state index contributed by atoms with van der Waals surface area (Å²) < 4.78 is 17.6. The number of nitro groups is 1. The molecule has 1 aliphatic rings. The summed E-state index contributed by atoms with van der Waals surface area (Å²) in [6.45, 7) is 3.05. The fraction of sp³-hybridized carbons (Fsp3) is 0.538. The van der Waals surface area contributed by atoms with Gasteiger partial charge in [0.05, 0.1) is 4.92 Å². The summed E-state index contributed by atoms with van der Waals surface area (Å²) in [6, 6.07) is 6.83. The van der Waals surface area contributed by atoms with Crippen molar-refractivity contribution in [1.82, 2.24) is 4.90 Å². The van der Waals surface area contributed by atoms with Crippen molar-refractivity contribution in [2.75, 3.05) is 32.0 Å². The minimum atomic E-state index is -2.36. The normalized spacial score (nSPS) is 17.2. The predicted molar refractivity (Wildman–Crippen MR) is 84.9 cm³/mol. The second kappa shape index (κ2) is 9.46. The monoisotopic (exact) mass is 329 g/mol. The highest BCUT2D eigenvalue weighted by Gasteiger charge is 2.18. The van der Waals surface area contributed by atoms with E-state index in [1.54, 1.807) is 12.1 Å². The molecule has 0 radical (unpaired) electrons. The van der Waals surface area contributed by atoms with Crippen molar-refractivity contribution in [2.45, 2.75) is 12.8 Å². The van der Waals surface area contributed by atoms with Gasteiger partial charge < -0.3 is 14.8 Å². The van der Waals surface area contributed by atoms with Crippen LogP contribution in [0.3, 0.4) is 0 Å². The summed E-state index contributed by atoms with van der Waals surface area (Å²) in [5.74, 6) is 0.612. The van der Waals surface area contributed by atoms with E-state index in [0.717, 1.165) is 32.5 Å². The molecule has 1 heterocycles. The molecule has 8 nitrogen and oxygen atoms in total. The van der Waals surface area contributed by atoms with Gasteiger partial charge in [-0.05, 0) is 45.0 Å². The zero-order chi connectivity index (χ0) is 16.5. The molecule has 0 aliphatic carbocycles. The van der Waals surface area contributed by atoms with E-state index in [4.69, 9.17) is 8.76 Å². The minimum absolute atomic E-state index is 0.158. The number of piperidine rings is 1. The molecule has 3 N–H and O–H groups in total. The third kappa shape index (κ3) is 6.94. The number of hydrogen-bond donors (Lipinski definition) is 2. The Morgan fingerprint density at radius 1 is 1.41 bits per heavy atom. The first-order chi connectivity index (χ1) is 10.4. The standard InChI is InChI=1S/C13H19N3O2.H3NO2S/c1-15-8-6-11(7-9-15)10-14-12-4-2-3-5-13(12)16(17)18;1-4(2)3/h2-5,11,14H,6-10H2,1H3;1H2,(H,2,3)/p-1. The molecule has 1 aromatic rings. The maximum absolute atomic E-state index is 10.9. The number of rotatable bonds is 4. The second-order valence-electron chi connectivity index (χ2n) is 5.16. The van der Waals surface area contributed by atoms with Gasteiger partial charge in [-0.2, -0.15) is 0 Å². The molecule has 1 fully saturated rings. The van der Waals surface area contributed by atoms with E-state index >= 15 is 0 Å². The van der Waals surface area contributed by atoms with Crippen LogP contribution in [0.1, 0.15) is 12.8 Å². The highest BCUT2D eigenvalue weighted by molar-refractivity contribution is 7.76. The number of nitrogens with one attached hydrogen (secondary N) is 1. The lowest BCUT2D eigenvalue weighted by Gasteiger charge is -2.29. The van der Waals surface area contributed by atoms with Crippen LogP contribution in [0, 0.1) is 16.0 Å². The Morgan fingerprint density at radius 3 is 2.50 bits per heavy atom. The van der Waals surface area contributed by atoms with Crippen molar-refractivity contribution < 1.29 is 13.7 Å². The molecule has 0 spiro atoms. The number of para-hydroxylation sites is 2. The molecule has 22 heavy (non-hydrogen) atoms. The van der Waals surface area contributed by atoms with Crippen LogP contribution in [-0.2, 0) is 11.3 Å². The zero-order valence-electron chi connectivity index (χ0n) is 12.4. The van der Waals surface area contributed by atoms with E-state index in [1.807, 2.05) is 6.07 Å². The molecule has 1 saturated heterocycles. The summed E-state index contributed by atoms with van der Waals surface area (Å²) >= 11 is -2.36. The largest absolute Gasteiger partial charge is 0.760 e. The van der Waals surface area contributed by atoms with Crippen LogP contribution >= 0.6 is 0 Å². The number of nitrogens with two attached hydrogens (primary N) is 1. The Morgan fingerprint density at radius 2 is 1.95 bits per heavy atom. The molecule has 2 rings (SSSR count). The molecule has 0 aromatic heterocycles. The van der Waals surface area contributed by atoms with E-state index in [1.165, 1.54) is 6.07 Å². The molecule has 0 saturated carbocycles. The average molecular weight is 329 g/mol. The molecule has 1 aliphatic heterocycles. The van der Waals surface area contributed by atoms with Crippen molar-refractivity contribution in [2.24, 2.45) is 11.1 Å². The fourth-order valence-corrected chi connectivity index (χ4v) is 2.30. The number of anilines is 1. The second-order valence-corrected chi connectivity index (χ2v) is 5.68. The highest BCUT2D eigenvalue weighted by Crippen LogP contribution is 2.24. The van der Waals surface area contributed by atoms with Gasteiger partial charge in [-0.1, -0.05) is 12.1 Å². The Labute approximate surface area is 132 Å². The topological polar surface area (TPSA) is 125 Å². The van der Waals surface area contributed by atoms with Gasteiger partial charge in [0.15, 0.2) is 0 Å². The number of benzene rings is 1. The Hall–Kier alpha value is -1.55. The SMILES string of the molecule is CN1CCC(CNc2ccccc2[N+](=O)[O-])CC1.NS(=O)[O-]. The van der Waals surface area contributed by atoms with Gasteiger partial charge in [-0.3, -0.25) is 19.5 Å². The van der Waals surface area contributed by atoms with Crippen LogP contribution in [0.15, 0.2) is 24.3 Å². The number of likely N-dealkylation sites (tertiary alicyclic amines) is 1. The highest BCUT2D eigenvalue weighted by atomic mass is 32.2. The van der Waals surface area contributed by atoms with Gasteiger partial charge in [0.2, 0.25) is 0 Å². The maximum atomic E-state index is 10.9. The molecular weight excluding hydrogens is 308 g/mol. The van der Waals surface area contributed by atoms with Gasteiger partial charge in [-0.25, -0.2) is 0 Å². The summed E-state index contributed by atoms with van der Waals surface area (Å²) in [7, 11) is 2.13. The molecule has 0 amide bonds. The quantitative estimate of drug-likeness (QED) is 0.484. The van der Waals surface area contributed by atoms with E-state index in [9.17, 15) is 10.1 Å². The summed E-state index contributed by atoms with van der Waals surface area (Å²) in [6.07, 6.45) is 2.31. The van der Waals surface area contributed by atoms with Crippen LogP contribution in [0.25, 0.3) is 0 Å². The Bertz CT molecular complexity index is 503. The first kappa shape index (κ1) is 18.5.